The maximum atomic E-state index is 12.5. The van der Waals surface area contributed by atoms with Crippen molar-refractivity contribution in [2.45, 2.75) is 57.7 Å². The number of alkyl carbamates (subject to hydrolysis) is 1. The highest BCUT2D eigenvalue weighted by molar-refractivity contribution is 5.87. The van der Waals surface area contributed by atoms with Crippen LogP contribution in [0.1, 0.15) is 40.0 Å². The summed E-state index contributed by atoms with van der Waals surface area (Å²) in [5.74, 6) is -0.248. The molecule has 110 valence electrons. The molecule has 1 rings (SSSR count). The van der Waals surface area contributed by atoms with E-state index in [0.717, 1.165) is 19.3 Å². The lowest BCUT2D eigenvalue weighted by Gasteiger charge is -2.34. The number of ether oxygens (including phenoxy) is 1. The van der Waals surface area contributed by atoms with Crippen LogP contribution in [0.3, 0.4) is 0 Å². The van der Waals surface area contributed by atoms with Crippen LogP contribution >= 0.6 is 0 Å². The first-order valence-electron chi connectivity index (χ1n) is 6.68. The fourth-order valence-corrected chi connectivity index (χ4v) is 2.43. The third kappa shape index (κ3) is 3.83. The molecule has 2 unspecified atom stereocenters. The van der Waals surface area contributed by atoms with Gasteiger partial charge >= 0.3 is 6.09 Å². The van der Waals surface area contributed by atoms with Crippen LogP contribution in [0.15, 0.2) is 0 Å². The molecule has 6 nitrogen and oxygen atoms in total. The Hall–Kier alpha value is -1.30. The lowest BCUT2D eigenvalue weighted by Crippen LogP contribution is -2.59. The second kappa shape index (κ2) is 6.23. The summed E-state index contributed by atoms with van der Waals surface area (Å²) >= 11 is 0. The zero-order chi connectivity index (χ0) is 14.6. The van der Waals surface area contributed by atoms with Crippen molar-refractivity contribution in [3.63, 3.8) is 0 Å². The molecule has 1 saturated heterocycles. The number of rotatable bonds is 4. The van der Waals surface area contributed by atoms with Gasteiger partial charge in [0.2, 0.25) is 5.91 Å². The summed E-state index contributed by atoms with van der Waals surface area (Å²) in [4.78, 5) is 25.6. The quantitative estimate of drug-likeness (QED) is 0.796. The van der Waals surface area contributed by atoms with Crippen molar-refractivity contribution < 1.29 is 19.4 Å². The summed E-state index contributed by atoms with van der Waals surface area (Å²) in [5, 5.41) is 12.5. The van der Waals surface area contributed by atoms with E-state index in [0.29, 0.717) is 6.54 Å². The van der Waals surface area contributed by atoms with Crippen LogP contribution in [0.4, 0.5) is 4.79 Å². The highest BCUT2D eigenvalue weighted by atomic mass is 16.5. The fourth-order valence-electron chi connectivity index (χ4n) is 2.43. The van der Waals surface area contributed by atoms with Gasteiger partial charge in [-0.05, 0) is 33.1 Å². The third-order valence-corrected chi connectivity index (χ3v) is 3.53. The van der Waals surface area contributed by atoms with E-state index in [1.807, 2.05) is 6.92 Å². The Bertz CT molecular complexity index is 338. The van der Waals surface area contributed by atoms with Crippen LogP contribution in [0.2, 0.25) is 0 Å². The minimum Gasteiger partial charge on any atom is -0.453 e. The van der Waals surface area contributed by atoms with Crippen LogP contribution in [-0.2, 0) is 9.53 Å². The highest BCUT2D eigenvalue weighted by Crippen LogP contribution is 2.23. The minimum absolute atomic E-state index is 0.191. The number of hydrogen-bond donors (Lipinski definition) is 2. The summed E-state index contributed by atoms with van der Waals surface area (Å²) in [6.45, 7) is 5.71. The number of likely N-dealkylation sites (tertiary alicyclic amines) is 1. The van der Waals surface area contributed by atoms with Gasteiger partial charge in [-0.1, -0.05) is 6.92 Å². The molecular formula is C13H24N2O4. The van der Waals surface area contributed by atoms with Crippen LogP contribution < -0.4 is 5.32 Å². The Labute approximate surface area is 114 Å². The number of nitrogens with one attached hydrogen (secondary N) is 1. The average Bonchev–Trinajstić information content (AvgIpc) is 2.81. The Morgan fingerprint density at radius 1 is 1.53 bits per heavy atom. The molecule has 1 aliphatic heterocycles. The summed E-state index contributed by atoms with van der Waals surface area (Å²) in [5.41, 5.74) is -1.34. The van der Waals surface area contributed by atoms with E-state index in [4.69, 9.17) is 0 Å². The van der Waals surface area contributed by atoms with Gasteiger partial charge in [-0.3, -0.25) is 4.79 Å². The molecule has 0 saturated carbocycles. The van der Waals surface area contributed by atoms with Crippen molar-refractivity contribution in [3.8, 4) is 0 Å². The molecule has 1 aliphatic rings. The Morgan fingerprint density at radius 3 is 2.63 bits per heavy atom. The predicted octanol–water partition coefficient (Wildman–Crippen LogP) is 0.883. The molecule has 0 aromatic carbocycles. The molecule has 0 radical (unpaired) electrons. The van der Waals surface area contributed by atoms with Gasteiger partial charge in [0, 0.05) is 12.6 Å². The molecule has 1 fully saturated rings. The molecule has 0 bridgehead atoms. The van der Waals surface area contributed by atoms with E-state index in [1.165, 1.54) is 21.0 Å². The van der Waals surface area contributed by atoms with Gasteiger partial charge in [0.25, 0.3) is 0 Å². The summed E-state index contributed by atoms with van der Waals surface area (Å²) in [7, 11) is 1.23. The van der Waals surface area contributed by atoms with Crippen LogP contribution in [0, 0.1) is 0 Å². The van der Waals surface area contributed by atoms with Crippen molar-refractivity contribution >= 4 is 12.0 Å². The first kappa shape index (κ1) is 15.8. The van der Waals surface area contributed by atoms with E-state index < -0.39 is 17.7 Å². The maximum Gasteiger partial charge on any atom is 0.407 e. The average molecular weight is 272 g/mol. The van der Waals surface area contributed by atoms with E-state index in [9.17, 15) is 14.7 Å². The molecule has 0 aromatic rings. The molecule has 0 aliphatic carbocycles. The summed E-state index contributed by atoms with van der Waals surface area (Å²) in [6, 6.07) is -0.802. The van der Waals surface area contributed by atoms with Crippen LogP contribution in [0.25, 0.3) is 0 Å². The molecule has 1 heterocycles. The molecule has 0 spiro atoms. The third-order valence-electron chi connectivity index (χ3n) is 3.53. The van der Waals surface area contributed by atoms with Gasteiger partial charge < -0.3 is 20.1 Å². The number of nitrogens with zero attached hydrogens (tertiary/aromatic N) is 1. The number of carbonyl (C=O) groups excluding carboxylic acids is 2. The monoisotopic (exact) mass is 272 g/mol. The predicted molar refractivity (Wildman–Crippen MR) is 70.7 cm³/mol. The Balaban J connectivity index is 2.85. The lowest BCUT2D eigenvalue weighted by molar-refractivity contribution is -0.140. The minimum atomic E-state index is -1.34. The van der Waals surface area contributed by atoms with Crippen molar-refractivity contribution in [2.75, 3.05) is 13.7 Å². The molecule has 6 heteroatoms. The van der Waals surface area contributed by atoms with Crippen LogP contribution in [-0.4, -0.2) is 53.3 Å². The van der Waals surface area contributed by atoms with Gasteiger partial charge in [0.05, 0.1) is 12.7 Å². The largest absolute Gasteiger partial charge is 0.453 e. The first-order valence-corrected chi connectivity index (χ1v) is 6.68. The Morgan fingerprint density at radius 2 is 2.16 bits per heavy atom. The zero-order valence-electron chi connectivity index (χ0n) is 12.1. The van der Waals surface area contributed by atoms with Crippen LogP contribution in [0.5, 0.6) is 0 Å². The lowest BCUT2D eigenvalue weighted by atomic mass is 9.97. The van der Waals surface area contributed by atoms with Gasteiger partial charge in [-0.2, -0.15) is 0 Å². The number of amides is 2. The summed E-state index contributed by atoms with van der Waals surface area (Å²) in [6.07, 6.45) is 2.09. The van der Waals surface area contributed by atoms with E-state index in [1.54, 1.807) is 4.90 Å². The van der Waals surface area contributed by atoms with Crippen molar-refractivity contribution in [1.29, 1.82) is 0 Å². The topological polar surface area (TPSA) is 78.9 Å². The second-order valence-electron chi connectivity index (χ2n) is 5.46. The standard InChI is InChI=1S/C13H24N2O4/c1-5-9-7-6-8-15(9)11(16)10(13(2,3)18)14-12(17)19-4/h9-10,18H,5-8H2,1-4H3,(H,14,17). The summed E-state index contributed by atoms with van der Waals surface area (Å²) < 4.78 is 4.51. The van der Waals surface area contributed by atoms with Crippen molar-refractivity contribution in [3.05, 3.63) is 0 Å². The van der Waals surface area contributed by atoms with Gasteiger partial charge in [0.15, 0.2) is 0 Å². The SMILES string of the molecule is CCC1CCCN1C(=O)C(NC(=O)OC)C(C)(C)O. The number of methoxy groups -OCH3 is 1. The first-order chi connectivity index (χ1) is 8.81. The smallest absolute Gasteiger partial charge is 0.407 e. The Kier molecular flexibility index (Phi) is 5.17. The molecule has 2 atom stereocenters. The van der Waals surface area contributed by atoms with Gasteiger partial charge in [-0.25, -0.2) is 4.79 Å². The highest BCUT2D eigenvalue weighted by Gasteiger charge is 2.40. The molecule has 19 heavy (non-hydrogen) atoms. The van der Waals surface area contributed by atoms with E-state index in [-0.39, 0.29) is 11.9 Å². The van der Waals surface area contributed by atoms with Crippen molar-refractivity contribution in [2.24, 2.45) is 0 Å². The molecule has 2 N–H and O–H groups in total. The van der Waals surface area contributed by atoms with Gasteiger partial charge in [0.1, 0.15) is 6.04 Å². The number of hydrogen-bond acceptors (Lipinski definition) is 4. The number of aliphatic hydroxyl groups is 1. The second-order valence-corrected chi connectivity index (χ2v) is 5.46. The molecular weight excluding hydrogens is 248 g/mol. The van der Waals surface area contributed by atoms with E-state index >= 15 is 0 Å². The number of carbonyl (C=O) groups is 2. The molecule has 2 amide bonds. The normalized spacial score (nSPS) is 21.1. The molecule has 0 aromatic heterocycles. The van der Waals surface area contributed by atoms with Gasteiger partial charge in [-0.15, -0.1) is 0 Å². The fraction of sp³-hybridized carbons (Fsp3) is 0.846. The zero-order valence-corrected chi connectivity index (χ0v) is 12.1. The van der Waals surface area contributed by atoms with E-state index in [2.05, 4.69) is 10.1 Å². The van der Waals surface area contributed by atoms with Crippen molar-refractivity contribution in [1.82, 2.24) is 10.2 Å². The maximum absolute atomic E-state index is 12.5.